The summed E-state index contributed by atoms with van der Waals surface area (Å²) in [6.45, 7) is 0. The third kappa shape index (κ3) is 1.44. The molecule has 0 spiro atoms. The van der Waals surface area contributed by atoms with Crippen molar-refractivity contribution < 1.29 is 4.39 Å². The molecule has 3 aromatic rings. The molecule has 2 aromatic heterocycles. The van der Waals surface area contributed by atoms with Gasteiger partial charge in [-0.25, -0.2) is 4.39 Å². The van der Waals surface area contributed by atoms with Crippen molar-refractivity contribution in [1.29, 1.82) is 0 Å². The Labute approximate surface area is 96.5 Å². The second-order valence-corrected chi connectivity index (χ2v) is 3.66. The Balaban J connectivity index is 2.35. The third-order valence-corrected chi connectivity index (χ3v) is 2.58. The molecule has 5 heteroatoms. The van der Waals surface area contributed by atoms with Crippen molar-refractivity contribution in [3.63, 3.8) is 0 Å². The number of hydrogen-bond donors (Lipinski definition) is 1. The molecule has 0 saturated carbocycles. The SMILES string of the molecule is Nc1cccc(F)c1-c1nnc2ccccn12. The lowest BCUT2D eigenvalue weighted by atomic mass is 10.1. The molecule has 0 atom stereocenters. The van der Waals surface area contributed by atoms with E-state index in [1.807, 2.05) is 12.1 Å². The fourth-order valence-electron chi connectivity index (χ4n) is 1.79. The molecule has 0 aliphatic carbocycles. The van der Waals surface area contributed by atoms with Crippen molar-refractivity contribution in [3.05, 3.63) is 48.4 Å². The van der Waals surface area contributed by atoms with Gasteiger partial charge >= 0.3 is 0 Å². The molecule has 0 fully saturated rings. The average molecular weight is 228 g/mol. The Hall–Kier alpha value is -2.43. The smallest absolute Gasteiger partial charge is 0.173 e. The summed E-state index contributed by atoms with van der Waals surface area (Å²) in [6, 6.07) is 10.0. The molecule has 0 radical (unpaired) electrons. The van der Waals surface area contributed by atoms with E-state index in [0.717, 1.165) is 0 Å². The molecule has 0 saturated heterocycles. The average Bonchev–Trinajstić information content (AvgIpc) is 2.73. The van der Waals surface area contributed by atoms with Gasteiger partial charge in [-0.15, -0.1) is 10.2 Å². The van der Waals surface area contributed by atoms with Crippen LogP contribution in [0.15, 0.2) is 42.6 Å². The summed E-state index contributed by atoms with van der Waals surface area (Å²) in [6.07, 6.45) is 1.77. The highest BCUT2D eigenvalue weighted by Crippen LogP contribution is 2.27. The highest BCUT2D eigenvalue weighted by molar-refractivity contribution is 5.73. The first-order valence-electron chi connectivity index (χ1n) is 5.11. The molecule has 0 bridgehead atoms. The van der Waals surface area contributed by atoms with Crippen molar-refractivity contribution in [2.45, 2.75) is 0 Å². The van der Waals surface area contributed by atoms with Crippen LogP contribution >= 0.6 is 0 Å². The number of hydrogen-bond acceptors (Lipinski definition) is 3. The number of nitrogens with zero attached hydrogens (tertiary/aromatic N) is 3. The Kier molecular flexibility index (Phi) is 2.04. The summed E-state index contributed by atoms with van der Waals surface area (Å²) in [5.41, 5.74) is 7.07. The highest BCUT2D eigenvalue weighted by Gasteiger charge is 2.14. The Morgan fingerprint density at radius 2 is 1.94 bits per heavy atom. The first kappa shape index (κ1) is 9.77. The molecule has 0 aliphatic rings. The molecule has 17 heavy (non-hydrogen) atoms. The molecule has 2 heterocycles. The zero-order valence-corrected chi connectivity index (χ0v) is 8.84. The summed E-state index contributed by atoms with van der Waals surface area (Å²) in [4.78, 5) is 0. The lowest BCUT2D eigenvalue weighted by molar-refractivity contribution is 0.630. The number of nitrogen functional groups attached to an aromatic ring is 1. The first-order valence-corrected chi connectivity index (χ1v) is 5.11. The maximum atomic E-state index is 13.8. The number of aromatic nitrogens is 3. The van der Waals surface area contributed by atoms with E-state index in [0.29, 0.717) is 17.2 Å². The Morgan fingerprint density at radius 1 is 1.06 bits per heavy atom. The molecule has 4 nitrogen and oxygen atoms in total. The van der Waals surface area contributed by atoms with Gasteiger partial charge in [0.15, 0.2) is 11.5 Å². The summed E-state index contributed by atoms with van der Waals surface area (Å²) in [5, 5.41) is 7.95. The largest absolute Gasteiger partial charge is 0.398 e. The van der Waals surface area contributed by atoms with Crippen molar-refractivity contribution >= 4 is 11.3 Å². The zero-order valence-electron chi connectivity index (χ0n) is 8.84. The van der Waals surface area contributed by atoms with Crippen LogP contribution in [0.3, 0.4) is 0 Å². The second-order valence-electron chi connectivity index (χ2n) is 3.66. The molecule has 0 unspecified atom stereocenters. The van der Waals surface area contributed by atoms with Gasteiger partial charge in [0.2, 0.25) is 0 Å². The van der Waals surface area contributed by atoms with Crippen LogP contribution in [0, 0.1) is 5.82 Å². The minimum Gasteiger partial charge on any atom is -0.398 e. The molecular weight excluding hydrogens is 219 g/mol. The van der Waals surface area contributed by atoms with Crippen molar-refractivity contribution in [2.75, 3.05) is 5.73 Å². The minimum absolute atomic E-state index is 0.284. The summed E-state index contributed by atoms with van der Waals surface area (Å²) >= 11 is 0. The lowest BCUT2D eigenvalue weighted by Crippen LogP contribution is -1.97. The minimum atomic E-state index is -0.400. The van der Waals surface area contributed by atoms with Gasteiger partial charge in [0.05, 0.1) is 5.56 Å². The van der Waals surface area contributed by atoms with Gasteiger partial charge in [0.25, 0.3) is 0 Å². The molecule has 1 aromatic carbocycles. The van der Waals surface area contributed by atoms with E-state index in [2.05, 4.69) is 10.2 Å². The number of benzene rings is 1. The summed E-state index contributed by atoms with van der Waals surface area (Å²) in [7, 11) is 0. The monoisotopic (exact) mass is 228 g/mol. The zero-order chi connectivity index (χ0) is 11.8. The number of pyridine rings is 1. The molecule has 0 amide bonds. The molecule has 3 rings (SSSR count). The van der Waals surface area contributed by atoms with Gasteiger partial charge in [-0.2, -0.15) is 0 Å². The number of halogens is 1. The Bertz CT molecular complexity index is 670. The van der Waals surface area contributed by atoms with Crippen LogP contribution in [0.4, 0.5) is 10.1 Å². The standard InChI is InChI=1S/C12H9FN4/c13-8-4-3-5-9(14)11(8)12-16-15-10-6-1-2-7-17(10)12/h1-7H,14H2. The van der Waals surface area contributed by atoms with Crippen LogP contribution < -0.4 is 5.73 Å². The number of fused-ring (bicyclic) bond motifs is 1. The second kappa shape index (κ2) is 3.55. The molecule has 2 N–H and O–H groups in total. The first-order chi connectivity index (χ1) is 8.27. The Morgan fingerprint density at radius 3 is 2.76 bits per heavy atom. The molecule has 0 aliphatic heterocycles. The summed E-state index contributed by atoms with van der Waals surface area (Å²) in [5.74, 6) is 0.0133. The molecule has 84 valence electrons. The van der Waals surface area contributed by atoms with E-state index >= 15 is 0 Å². The normalized spacial score (nSPS) is 10.9. The quantitative estimate of drug-likeness (QED) is 0.649. The number of anilines is 1. The summed E-state index contributed by atoms with van der Waals surface area (Å²) < 4.78 is 15.5. The van der Waals surface area contributed by atoms with Crippen LogP contribution in [0.25, 0.3) is 17.0 Å². The maximum Gasteiger partial charge on any atom is 0.173 e. The predicted molar refractivity (Wildman–Crippen MR) is 62.8 cm³/mol. The third-order valence-electron chi connectivity index (χ3n) is 2.58. The fraction of sp³-hybridized carbons (Fsp3) is 0. The van der Waals surface area contributed by atoms with E-state index in [9.17, 15) is 4.39 Å². The number of nitrogens with two attached hydrogens (primary N) is 1. The van der Waals surface area contributed by atoms with E-state index < -0.39 is 5.82 Å². The van der Waals surface area contributed by atoms with E-state index in [1.165, 1.54) is 6.07 Å². The molecular formula is C12H9FN4. The van der Waals surface area contributed by atoms with Crippen LogP contribution in [0.2, 0.25) is 0 Å². The number of rotatable bonds is 1. The van der Waals surface area contributed by atoms with Crippen LogP contribution in [0.1, 0.15) is 0 Å². The maximum absolute atomic E-state index is 13.8. The predicted octanol–water partition coefficient (Wildman–Crippen LogP) is 2.12. The van der Waals surface area contributed by atoms with Gasteiger partial charge in [0.1, 0.15) is 5.82 Å². The van der Waals surface area contributed by atoms with E-state index in [4.69, 9.17) is 5.73 Å². The van der Waals surface area contributed by atoms with Gasteiger partial charge < -0.3 is 5.73 Å². The van der Waals surface area contributed by atoms with Crippen molar-refractivity contribution in [3.8, 4) is 11.4 Å². The van der Waals surface area contributed by atoms with Gasteiger partial charge in [-0.05, 0) is 24.3 Å². The lowest BCUT2D eigenvalue weighted by Gasteiger charge is -2.04. The van der Waals surface area contributed by atoms with Crippen LogP contribution in [-0.2, 0) is 0 Å². The van der Waals surface area contributed by atoms with Crippen molar-refractivity contribution in [2.24, 2.45) is 0 Å². The van der Waals surface area contributed by atoms with E-state index in [1.54, 1.807) is 28.8 Å². The van der Waals surface area contributed by atoms with Gasteiger partial charge in [-0.3, -0.25) is 4.40 Å². The van der Waals surface area contributed by atoms with E-state index in [-0.39, 0.29) is 5.56 Å². The van der Waals surface area contributed by atoms with Gasteiger partial charge in [0, 0.05) is 11.9 Å². The van der Waals surface area contributed by atoms with Crippen LogP contribution in [-0.4, -0.2) is 14.6 Å². The van der Waals surface area contributed by atoms with Crippen LogP contribution in [0.5, 0.6) is 0 Å². The highest BCUT2D eigenvalue weighted by atomic mass is 19.1. The van der Waals surface area contributed by atoms with Gasteiger partial charge in [-0.1, -0.05) is 12.1 Å². The topological polar surface area (TPSA) is 56.2 Å². The van der Waals surface area contributed by atoms with Crippen molar-refractivity contribution in [1.82, 2.24) is 14.6 Å². The fourth-order valence-corrected chi connectivity index (χ4v) is 1.79.